The largest absolute Gasteiger partial charge is 0.399 e. The second-order valence-electron chi connectivity index (χ2n) is 3.37. The number of rotatable bonds is 4. The maximum absolute atomic E-state index is 11.3. The normalized spacial score (nSPS) is 9.81. The molecule has 86 valence electrons. The van der Waals surface area contributed by atoms with Crippen molar-refractivity contribution in [2.75, 3.05) is 12.3 Å². The van der Waals surface area contributed by atoms with Crippen LogP contribution in [0.3, 0.4) is 0 Å². The van der Waals surface area contributed by atoms with E-state index in [4.69, 9.17) is 11.5 Å². The number of benzene rings is 1. The fourth-order valence-electron chi connectivity index (χ4n) is 1.28. The number of nitrogens with two attached hydrogens (primary N) is 2. The molecule has 5 N–H and O–H groups in total. The molecule has 5 heteroatoms. The summed E-state index contributed by atoms with van der Waals surface area (Å²) < 4.78 is 0. The molecule has 0 aliphatic carbocycles. The molecule has 1 aromatic rings. The molecule has 1 rings (SSSR count). The van der Waals surface area contributed by atoms with Crippen molar-refractivity contribution >= 4 is 17.5 Å². The number of aryl methyl sites for hydroxylation is 1. The molecule has 0 aromatic heterocycles. The van der Waals surface area contributed by atoms with Crippen LogP contribution in [0.15, 0.2) is 24.3 Å². The van der Waals surface area contributed by atoms with Gasteiger partial charge in [0.05, 0.1) is 6.54 Å². The lowest BCUT2D eigenvalue weighted by atomic mass is 10.1. The highest BCUT2D eigenvalue weighted by Gasteiger charge is 2.07. The minimum atomic E-state index is -0.467. The van der Waals surface area contributed by atoms with Gasteiger partial charge < -0.3 is 11.5 Å². The maximum atomic E-state index is 11.3. The fourth-order valence-corrected chi connectivity index (χ4v) is 1.28. The highest BCUT2D eigenvalue weighted by atomic mass is 16.2. The highest BCUT2D eigenvalue weighted by molar-refractivity contribution is 5.96. The monoisotopic (exact) mass is 221 g/mol. The molecule has 0 bridgehead atoms. The number of nitrogen functional groups attached to an aromatic ring is 1. The Morgan fingerprint density at radius 3 is 2.50 bits per heavy atom. The van der Waals surface area contributed by atoms with Crippen LogP contribution in [-0.4, -0.2) is 18.4 Å². The predicted octanol–water partition coefficient (Wildman–Crippen LogP) is -0.197. The Bertz CT molecular complexity index is 391. The van der Waals surface area contributed by atoms with Gasteiger partial charge in [0.15, 0.2) is 0 Å². The van der Waals surface area contributed by atoms with Gasteiger partial charge in [-0.3, -0.25) is 14.9 Å². The number of para-hydroxylation sites is 1. The Hall–Kier alpha value is -1.88. The van der Waals surface area contributed by atoms with E-state index in [0.29, 0.717) is 12.1 Å². The van der Waals surface area contributed by atoms with Gasteiger partial charge in [0.2, 0.25) is 11.8 Å². The van der Waals surface area contributed by atoms with Gasteiger partial charge in [0, 0.05) is 12.1 Å². The van der Waals surface area contributed by atoms with E-state index in [2.05, 4.69) is 5.32 Å². The minimum absolute atomic E-state index is 0.181. The molecular formula is C11H15N3O2. The lowest BCUT2D eigenvalue weighted by molar-refractivity contribution is -0.129. The lowest BCUT2D eigenvalue weighted by Gasteiger charge is -2.05. The predicted molar refractivity (Wildman–Crippen MR) is 61.4 cm³/mol. The van der Waals surface area contributed by atoms with Crippen LogP contribution in [0.25, 0.3) is 0 Å². The van der Waals surface area contributed by atoms with Crippen LogP contribution in [-0.2, 0) is 16.0 Å². The number of amides is 2. The molecule has 2 amide bonds. The van der Waals surface area contributed by atoms with Gasteiger partial charge in [-0.1, -0.05) is 18.2 Å². The van der Waals surface area contributed by atoms with Crippen molar-refractivity contribution in [3.63, 3.8) is 0 Å². The Labute approximate surface area is 93.8 Å². The zero-order chi connectivity index (χ0) is 12.0. The molecule has 16 heavy (non-hydrogen) atoms. The third-order valence-electron chi connectivity index (χ3n) is 2.14. The van der Waals surface area contributed by atoms with E-state index in [0.717, 1.165) is 5.56 Å². The van der Waals surface area contributed by atoms with Crippen LogP contribution in [0.4, 0.5) is 5.69 Å². The SMILES string of the molecule is NCC(=O)NC(=O)CCc1ccccc1N. The molecule has 0 fully saturated rings. The average molecular weight is 221 g/mol. The number of carbonyl (C=O) groups excluding carboxylic acids is 2. The summed E-state index contributed by atoms with van der Waals surface area (Å²) in [7, 11) is 0. The second-order valence-corrected chi connectivity index (χ2v) is 3.37. The Kier molecular flexibility index (Phi) is 4.47. The Morgan fingerprint density at radius 2 is 1.88 bits per heavy atom. The third-order valence-corrected chi connectivity index (χ3v) is 2.14. The third kappa shape index (κ3) is 3.70. The first-order valence-corrected chi connectivity index (χ1v) is 4.99. The summed E-state index contributed by atoms with van der Waals surface area (Å²) in [4.78, 5) is 22.1. The van der Waals surface area contributed by atoms with E-state index in [1.165, 1.54) is 0 Å². The summed E-state index contributed by atoms with van der Waals surface area (Å²) in [5.41, 5.74) is 12.3. The second kappa shape index (κ2) is 5.87. The van der Waals surface area contributed by atoms with E-state index < -0.39 is 5.91 Å². The molecule has 0 radical (unpaired) electrons. The van der Waals surface area contributed by atoms with Crippen LogP contribution < -0.4 is 16.8 Å². The highest BCUT2D eigenvalue weighted by Crippen LogP contribution is 2.12. The number of nitrogens with one attached hydrogen (secondary N) is 1. The molecule has 1 aromatic carbocycles. The number of hydrogen-bond acceptors (Lipinski definition) is 4. The maximum Gasteiger partial charge on any atom is 0.240 e. The molecule has 0 spiro atoms. The van der Waals surface area contributed by atoms with Gasteiger partial charge >= 0.3 is 0 Å². The molecule has 0 unspecified atom stereocenters. The van der Waals surface area contributed by atoms with E-state index in [-0.39, 0.29) is 18.9 Å². The van der Waals surface area contributed by atoms with Crippen molar-refractivity contribution in [1.82, 2.24) is 5.32 Å². The summed E-state index contributed by atoms with van der Waals surface area (Å²) >= 11 is 0. The zero-order valence-electron chi connectivity index (χ0n) is 8.90. The van der Waals surface area contributed by atoms with E-state index in [1.54, 1.807) is 6.07 Å². The van der Waals surface area contributed by atoms with Crippen LogP contribution in [0.5, 0.6) is 0 Å². The van der Waals surface area contributed by atoms with Gasteiger partial charge in [-0.2, -0.15) is 0 Å². The van der Waals surface area contributed by atoms with Crippen molar-refractivity contribution in [2.24, 2.45) is 5.73 Å². The van der Waals surface area contributed by atoms with Gasteiger partial charge in [-0.25, -0.2) is 0 Å². The van der Waals surface area contributed by atoms with Crippen LogP contribution in [0, 0.1) is 0 Å². The average Bonchev–Trinajstić information content (AvgIpc) is 2.28. The van der Waals surface area contributed by atoms with Crippen LogP contribution in [0.2, 0.25) is 0 Å². The van der Waals surface area contributed by atoms with Gasteiger partial charge in [-0.15, -0.1) is 0 Å². The molecule has 0 atom stereocenters. The molecule has 0 saturated carbocycles. The number of anilines is 1. The smallest absolute Gasteiger partial charge is 0.240 e. The number of imide groups is 1. The number of hydrogen-bond donors (Lipinski definition) is 3. The van der Waals surface area contributed by atoms with E-state index >= 15 is 0 Å². The molecule has 0 saturated heterocycles. The first-order valence-electron chi connectivity index (χ1n) is 4.99. The van der Waals surface area contributed by atoms with Crippen molar-refractivity contribution < 1.29 is 9.59 Å². The minimum Gasteiger partial charge on any atom is -0.399 e. The standard InChI is InChI=1S/C11H15N3O2/c12-7-11(16)14-10(15)6-5-8-3-1-2-4-9(8)13/h1-4H,5-7,12-13H2,(H,14,15,16). The quantitative estimate of drug-likeness (QED) is 0.613. The molecular weight excluding hydrogens is 206 g/mol. The molecule has 0 aliphatic rings. The van der Waals surface area contributed by atoms with E-state index in [9.17, 15) is 9.59 Å². The zero-order valence-corrected chi connectivity index (χ0v) is 8.90. The van der Waals surface area contributed by atoms with Gasteiger partial charge in [0.1, 0.15) is 0 Å². The summed E-state index contributed by atoms with van der Waals surface area (Å²) in [5, 5.41) is 2.18. The summed E-state index contributed by atoms with van der Waals surface area (Å²) in [6.45, 7) is -0.181. The lowest BCUT2D eigenvalue weighted by Crippen LogP contribution is -2.35. The topological polar surface area (TPSA) is 98.2 Å². The summed E-state index contributed by atoms with van der Waals surface area (Å²) in [5.74, 6) is -0.801. The Balaban J connectivity index is 2.43. The summed E-state index contributed by atoms with van der Waals surface area (Å²) in [6, 6.07) is 7.32. The van der Waals surface area contributed by atoms with Crippen LogP contribution >= 0.6 is 0 Å². The summed E-state index contributed by atoms with van der Waals surface area (Å²) in [6.07, 6.45) is 0.732. The van der Waals surface area contributed by atoms with Crippen molar-refractivity contribution in [1.29, 1.82) is 0 Å². The van der Waals surface area contributed by atoms with Crippen molar-refractivity contribution in [3.8, 4) is 0 Å². The van der Waals surface area contributed by atoms with Gasteiger partial charge in [-0.05, 0) is 18.1 Å². The van der Waals surface area contributed by atoms with E-state index in [1.807, 2.05) is 18.2 Å². The molecule has 0 aliphatic heterocycles. The molecule has 0 heterocycles. The fraction of sp³-hybridized carbons (Fsp3) is 0.273. The first kappa shape index (κ1) is 12.2. The van der Waals surface area contributed by atoms with Gasteiger partial charge in [0.25, 0.3) is 0 Å². The Morgan fingerprint density at radius 1 is 1.19 bits per heavy atom. The first-order chi connectivity index (χ1) is 7.63. The number of carbonyl (C=O) groups is 2. The van der Waals surface area contributed by atoms with Crippen LogP contribution in [0.1, 0.15) is 12.0 Å². The van der Waals surface area contributed by atoms with Crippen molar-refractivity contribution in [3.05, 3.63) is 29.8 Å². The molecule has 5 nitrogen and oxygen atoms in total. The van der Waals surface area contributed by atoms with Crippen molar-refractivity contribution in [2.45, 2.75) is 12.8 Å².